The zero-order chi connectivity index (χ0) is 11.7. The van der Waals surface area contributed by atoms with Gasteiger partial charge in [0, 0.05) is 13.0 Å². The highest BCUT2D eigenvalue weighted by Gasteiger charge is 2.34. The van der Waals surface area contributed by atoms with Crippen molar-refractivity contribution in [3.05, 3.63) is 0 Å². The van der Waals surface area contributed by atoms with Crippen LogP contribution in [0.4, 0.5) is 0 Å². The first-order valence-corrected chi connectivity index (χ1v) is 5.26. The Hall–Kier alpha value is -1.48. The van der Waals surface area contributed by atoms with Gasteiger partial charge in [0.25, 0.3) is 0 Å². The van der Waals surface area contributed by atoms with Gasteiger partial charge >= 0.3 is 0 Å². The number of amides is 1. The van der Waals surface area contributed by atoms with Gasteiger partial charge in [-0.3, -0.25) is 4.79 Å². The Morgan fingerprint density at radius 2 is 2.00 bits per heavy atom. The molecular formula is C12H18N2O. The van der Waals surface area contributed by atoms with E-state index in [1.54, 1.807) is 6.92 Å². The van der Waals surface area contributed by atoms with Gasteiger partial charge in [-0.05, 0) is 19.8 Å². The van der Waals surface area contributed by atoms with Gasteiger partial charge in [-0.25, -0.2) is 0 Å². The molecular weight excluding hydrogens is 188 g/mol. The van der Waals surface area contributed by atoms with Crippen molar-refractivity contribution >= 4 is 5.91 Å². The van der Waals surface area contributed by atoms with Crippen LogP contribution in [0.5, 0.6) is 0 Å². The molecule has 0 aliphatic carbocycles. The van der Waals surface area contributed by atoms with E-state index in [0.717, 1.165) is 0 Å². The van der Waals surface area contributed by atoms with Crippen LogP contribution in [0.2, 0.25) is 0 Å². The van der Waals surface area contributed by atoms with Crippen LogP contribution in [0, 0.1) is 28.6 Å². The van der Waals surface area contributed by atoms with Crippen molar-refractivity contribution in [3.63, 3.8) is 0 Å². The van der Waals surface area contributed by atoms with Crippen LogP contribution >= 0.6 is 0 Å². The summed E-state index contributed by atoms with van der Waals surface area (Å²) < 4.78 is 0. The van der Waals surface area contributed by atoms with Crippen LogP contribution in [0.15, 0.2) is 0 Å². The fraction of sp³-hybridized carbons (Fsp3) is 0.667. The van der Waals surface area contributed by atoms with Gasteiger partial charge in [0.15, 0.2) is 0 Å². The molecule has 0 bridgehead atoms. The average molecular weight is 206 g/mol. The summed E-state index contributed by atoms with van der Waals surface area (Å²) in [6.07, 6.45) is 1.73. The minimum absolute atomic E-state index is 0.173. The van der Waals surface area contributed by atoms with Gasteiger partial charge in [-0.1, -0.05) is 13.8 Å². The average Bonchev–Trinajstić information content (AvgIpc) is 2.28. The molecule has 0 aliphatic rings. The molecule has 1 amide bonds. The number of nitrogens with one attached hydrogen (secondary N) is 1. The molecule has 15 heavy (non-hydrogen) atoms. The maximum absolute atomic E-state index is 11.7. The zero-order valence-corrected chi connectivity index (χ0v) is 9.68. The Morgan fingerprint density at radius 1 is 1.40 bits per heavy atom. The third-order valence-electron chi connectivity index (χ3n) is 2.57. The second-order valence-electron chi connectivity index (χ2n) is 3.33. The molecule has 3 heteroatoms. The van der Waals surface area contributed by atoms with E-state index in [4.69, 9.17) is 5.26 Å². The predicted molar refractivity (Wildman–Crippen MR) is 59.7 cm³/mol. The summed E-state index contributed by atoms with van der Waals surface area (Å²) in [4.78, 5) is 11.7. The lowest BCUT2D eigenvalue weighted by Crippen LogP contribution is -2.39. The van der Waals surface area contributed by atoms with Crippen LogP contribution in [0.25, 0.3) is 0 Å². The summed E-state index contributed by atoms with van der Waals surface area (Å²) in [6.45, 7) is 6.00. The molecule has 0 atom stereocenters. The molecule has 0 radical (unpaired) electrons. The lowest BCUT2D eigenvalue weighted by atomic mass is 9.83. The Bertz CT molecular complexity index is 300. The molecule has 1 N–H and O–H groups in total. The van der Waals surface area contributed by atoms with Crippen LogP contribution in [-0.4, -0.2) is 12.5 Å². The molecule has 0 unspecified atom stereocenters. The topological polar surface area (TPSA) is 52.9 Å². The summed E-state index contributed by atoms with van der Waals surface area (Å²) in [7, 11) is 0. The first-order chi connectivity index (χ1) is 7.16. The minimum atomic E-state index is -0.861. The van der Waals surface area contributed by atoms with Crippen molar-refractivity contribution in [2.45, 2.75) is 40.0 Å². The number of rotatable bonds is 5. The fourth-order valence-corrected chi connectivity index (χ4v) is 1.31. The second-order valence-corrected chi connectivity index (χ2v) is 3.33. The van der Waals surface area contributed by atoms with Crippen molar-refractivity contribution in [3.8, 4) is 17.9 Å². The quantitative estimate of drug-likeness (QED) is 0.551. The van der Waals surface area contributed by atoms with Gasteiger partial charge in [0.1, 0.15) is 5.41 Å². The molecule has 0 aromatic carbocycles. The van der Waals surface area contributed by atoms with E-state index in [9.17, 15) is 4.79 Å². The number of carbonyl (C=O) groups is 1. The van der Waals surface area contributed by atoms with Crippen LogP contribution in [-0.2, 0) is 4.79 Å². The Kier molecular flexibility index (Phi) is 6.22. The highest BCUT2D eigenvalue weighted by molar-refractivity contribution is 5.85. The Balaban J connectivity index is 4.27. The molecule has 0 rings (SSSR count). The highest BCUT2D eigenvalue weighted by atomic mass is 16.2. The van der Waals surface area contributed by atoms with Gasteiger partial charge < -0.3 is 5.32 Å². The van der Waals surface area contributed by atoms with E-state index >= 15 is 0 Å². The largest absolute Gasteiger partial charge is 0.354 e. The smallest absolute Gasteiger partial charge is 0.240 e. The number of carbonyl (C=O) groups excluding carboxylic acids is 1. The molecule has 0 saturated carbocycles. The molecule has 0 aromatic heterocycles. The van der Waals surface area contributed by atoms with Crippen molar-refractivity contribution in [1.82, 2.24) is 5.32 Å². The molecule has 0 aromatic rings. The number of hydrogen-bond acceptors (Lipinski definition) is 2. The van der Waals surface area contributed by atoms with Crippen molar-refractivity contribution < 1.29 is 4.79 Å². The standard InChI is InChI=1S/C12H18N2O/c1-4-7-8-9-14-11(15)12(5-2,6-3)10-13/h5-6,8-9H2,1-3H3,(H,14,15). The van der Waals surface area contributed by atoms with Gasteiger partial charge in [-0.15, -0.1) is 11.8 Å². The third kappa shape index (κ3) is 3.64. The SMILES string of the molecule is CC#CCCNC(=O)C(C#N)(CC)CC. The van der Waals surface area contributed by atoms with Crippen LogP contribution in [0.3, 0.4) is 0 Å². The van der Waals surface area contributed by atoms with Gasteiger partial charge in [-0.2, -0.15) is 5.26 Å². The van der Waals surface area contributed by atoms with Crippen molar-refractivity contribution in [2.24, 2.45) is 5.41 Å². The molecule has 0 spiro atoms. The summed E-state index contributed by atoms with van der Waals surface area (Å²) >= 11 is 0. The van der Waals surface area contributed by atoms with Crippen molar-refractivity contribution in [1.29, 1.82) is 5.26 Å². The molecule has 0 aliphatic heterocycles. The van der Waals surface area contributed by atoms with Crippen LogP contribution in [0.1, 0.15) is 40.0 Å². The van der Waals surface area contributed by atoms with Gasteiger partial charge in [0.05, 0.1) is 6.07 Å². The lowest BCUT2D eigenvalue weighted by molar-refractivity contribution is -0.128. The number of nitriles is 1. The monoisotopic (exact) mass is 206 g/mol. The maximum Gasteiger partial charge on any atom is 0.240 e. The second kappa shape index (κ2) is 6.90. The molecule has 3 nitrogen and oxygen atoms in total. The lowest BCUT2D eigenvalue weighted by Gasteiger charge is -2.21. The highest BCUT2D eigenvalue weighted by Crippen LogP contribution is 2.25. The summed E-state index contributed by atoms with van der Waals surface area (Å²) in [6, 6.07) is 2.11. The van der Waals surface area contributed by atoms with E-state index < -0.39 is 5.41 Å². The van der Waals surface area contributed by atoms with E-state index in [0.29, 0.717) is 25.8 Å². The Morgan fingerprint density at radius 3 is 2.40 bits per heavy atom. The predicted octanol–water partition coefficient (Wildman–Crippen LogP) is 1.85. The van der Waals surface area contributed by atoms with E-state index in [-0.39, 0.29) is 5.91 Å². The third-order valence-corrected chi connectivity index (χ3v) is 2.57. The number of hydrogen-bond donors (Lipinski definition) is 1. The first kappa shape index (κ1) is 13.5. The Labute approximate surface area is 91.9 Å². The summed E-state index contributed by atoms with van der Waals surface area (Å²) in [5, 5.41) is 11.8. The first-order valence-electron chi connectivity index (χ1n) is 5.26. The number of nitrogens with zero attached hydrogens (tertiary/aromatic N) is 1. The normalized spacial score (nSPS) is 9.73. The molecule has 0 fully saturated rings. The minimum Gasteiger partial charge on any atom is -0.354 e. The van der Waals surface area contributed by atoms with E-state index in [1.165, 1.54) is 0 Å². The van der Waals surface area contributed by atoms with Gasteiger partial charge in [0.2, 0.25) is 5.91 Å². The van der Waals surface area contributed by atoms with Crippen LogP contribution < -0.4 is 5.32 Å². The fourth-order valence-electron chi connectivity index (χ4n) is 1.31. The van der Waals surface area contributed by atoms with E-state index in [2.05, 4.69) is 23.2 Å². The zero-order valence-electron chi connectivity index (χ0n) is 9.68. The molecule has 0 heterocycles. The van der Waals surface area contributed by atoms with Crippen molar-refractivity contribution in [2.75, 3.05) is 6.54 Å². The maximum atomic E-state index is 11.7. The summed E-state index contributed by atoms with van der Waals surface area (Å²) in [5.41, 5.74) is -0.861. The molecule has 82 valence electrons. The van der Waals surface area contributed by atoms with E-state index in [1.807, 2.05) is 13.8 Å². The molecule has 0 saturated heterocycles. The summed E-state index contributed by atoms with van der Waals surface area (Å²) in [5.74, 6) is 5.44.